The molecule has 0 unspecified atom stereocenters. The Morgan fingerprint density at radius 3 is 2.31 bits per heavy atom. The molecule has 0 fully saturated rings. The first-order valence-corrected chi connectivity index (χ1v) is 7.98. The molecule has 0 atom stereocenters. The predicted octanol–water partition coefficient (Wildman–Crippen LogP) is 3.07. The lowest BCUT2D eigenvalue weighted by atomic mass is 10.1. The fourth-order valence-corrected chi connectivity index (χ4v) is 2.38. The molecular weight excluding hydrogens is 328 g/mol. The summed E-state index contributed by atoms with van der Waals surface area (Å²) in [6, 6.07) is 21.3. The Morgan fingerprint density at radius 2 is 1.65 bits per heavy atom. The summed E-state index contributed by atoms with van der Waals surface area (Å²) in [7, 11) is 0. The number of anilines is 1. The SMILES string of the molecule is N#Cc1ccc(C(=O)Nc2ccc(C(=O)NCc3ccccc3)cc2)[nH]1. The number of aromatic nitrogens is 1. The van der Waals surface area contributed by atoms with Crippen LogP contribution in [-0.2, 0) is 6.54 Å². The van der Waals surface area contributed by atoms with E-state index in [0.717, 1.165) is 5.56 Å². The monoisotopic (exact) mass is 344 g/mol. The summed E-state index contributed by atoms with van der Waals surface area (Å²) in [6.07, 6.45) is 0. The van der Waals surface area contributed by atoms with Crippen LogP contribution in [0.4, 0.5) is 5.69 Å². The number of rotatable bonds is 5. The van der Waals surface area contributed by atoms with Gasteiger partial charge in [0.05, 0.1) is 0 Å². The maximum atomic E-state index is 12.2. The minimum atomic E-state index is -0.354. The number of nitrogens with one attached hydrogen (secondary N) is 3. The van der Waals surface area contributed by atoms with Crippen molar-refractivity contribution >= 4 is 17.5 Å². The van der Waals surface area contributed by atoms with Gasteiger partial charge in [0.15, 0.2) is 0 Å². The van der Waals surface area contributed by atoms with Crippen molar-refractivity contribution in [3.05, 3.63) is 89.2 Å². The lowest BCUT2D eigenvalue weighted by Gasteiger charge is -2.07. The van der Waals surface area contributed by atoms with Crippen LogP contribution in [0.15, 0.2) is 66.7 Å². The molecule has 0 bridgehead atoms. The van der Waals surface area contributed by atoms with Crippen LogP contribution in [0.25, 0.3) is 0 Å². The Hall–Kier alpha value is -3.85. The van der Waals surface area contributed by atoms with Gasteiger partial charge >= 0.3 is 0 Å². The molecule has 6 heteroatoms. The molecule has 0 saturated heterocycles. The number of aromatic amines is 1. The van der Waals surface area contributed by atoms with E-state index in [1.54, 1.807) is 30.3 Å². The van der Waals surface area contributed by atoms with Gasteiger partial charge in [-0.2, -0.15) is 5.26 Å². The van der Waals surface area contributed by atoms with Crippen molar-refractivity contribution in [3.63, 3.8) is 0 Å². The summed E-state index contributed by atoms with van der Waals surface area (Å²) in [6.45, 7) is 0.451. The molecule has 2 amide bonds. The maximum absolute atomic E-state index is 12.2. The topological polar surface area (TPSA) is 97.8 Å². The van der Waals surface area contributed by atoms with Crippen molar-refractivity contribution in [1.82, 2.24) is 10.3 Å². The second kappa shape index (κ2) is 7.81. The molecule has 0 aliphatic heterocycles. The van der Waals surface area contributed by atoms with Gasteiger partial charge in [-0.15, -0.1) is 0 Å². The third-order valence-electron chi connectivity index (χ3n) is 3.75. The first-order valence-electron chi connectivity index (χ1n) is 7.98. The Kier molecular flexibility index (Phi) is 5.11. The second-order valence-electron chi connectivity index (χ2n) is 5.60. The van der Waals surface area contributed by atoms with Crippen molar-refractivity contribution in [3.8, 4) is 6.07 Å². The number of nitrogens with zero attached hydrogens (tertiary/aromatic N) is 1. The lowest BCUT2D eigenvalue weighted by Crippen LogP contribution is -2.22. The molecule has 0 radical (unpaired) electrons. The fourth-order valence-electron chi connectivity index (χ4n) is 2.38. The first kappa shape index (κ1) is 17.0. The van der Waals surface area contributed by atoms with Gasteiger partial charge in [-0.1, -0.05) is 30.3 Å². The van der Waals surface area contributed by atoms with E-state index in [4.69, 9.17) is 5.26 Å². The molecule has 1 aromatic heterocycles. The van der Waals surface area contributed by atoms with Gasteiger partial charge in [0.25, 0.3) is 11.8 Å². The summed E-state index contributed by atoms with van der Waals surface area (Å²) >= 11 is 0. The molecule has 3 aromatic rings. The molecule has 6 nitrogen and oxygen atoms in total. The molecule has 0 aliphatic rings. The zero-order chi connectivity index (χ0) is 18.4. The van der Waals surface area contributed by atoms with Crippen molar-refractivity contribution < 1.29 is 9.59 Å². The van der Waals surface area contributed by atoms with Crippen LogP contribution in [0.2, 0.25) is 0 Å². The zero-order valence-electron chi connectivity index (χ0n) is 13.8. The van der Waals surface area contributed by atoms with Gasteiger partial charge < -0.3 is 15.6 Å². The summed E-state index contributed by atoms with van der Waals surface area (Å²) in [5.41, 5.74) is 2.70. The van der Waals surface area contributed by atoms with Crippen molar-refractivity contribution in [2.75, 3.05) is 5.32 Å². The number of H-pyrrole nitrogens is 1. The number of carbonyl (C=O) groups excluding carboxylic acids is 2. The van der Waals surface area contributed by atoms with Gasteiger partial charge in [-0.25, -0.2) is 0 Å². The molecule has 0 aliphatic carbocycles. The van der Waals surface area contributed by atoms with E-state index in [1.807, 2.05) is 36.4 Å². The molecule has 26 heavy (non-hydrogen) atoms. The van der Waals surface area contributed by atoms with E-state index in [0.29, 0.717) is 29.2 Å². The third kappa shape index (κ3) is 4.16. The van der Waals surface area contributed by atoms with Crippen LogP contribution in [0.5, 0.6) is 0 Å². The van der Waals surface area contributed by atoms with E-state index >= 15 is 0 Å². The van der Waals surface area contributed by atoms with Crippen molar-refractivity contribution in [1.29, 1.82) is 5.26 Å². The predicted molar refractivity (Wildman–Crippen MR) is 97.5 cm³/mol. The van der Waals surface area contributed by atoms with E-state index in [9.17, 15) is 9.59 Å². The van der Waals surface area contributed by atoms with Crippen LogP contribution >= 0.6 is 0 Å². The quantitative estimate of drug-likeness (QED) is 0.663. The molecule has 2 aromatic carbocycles. The van der Waals surface area contributed by atoms with E-state index in [2.05, 4.69) is 15.6 Å². The highest BCUT2D eigenvalue weighted by atomic mass is 16.2. The largest absolute Gasteiger partial charge is 0.348 e. The van der Waals surface area contributed by atoms with E-state index in [-0.39, 0.29) is 11.8 Å². The van der Waals surface area contributed by atoms with Gasteiger partial charge in [-0.05, 0) is 42.0 Å². The van der Waals surface area contributed by atoms with Gasteiger partial charge in [-0.3, -0.25) is 9.59 Å². The average Bonchev–Trinajstić information content (AvgIpc) is 3.17. The number of hydrogen-bond donors (Lipinski definition) is 3. The number of nitriles is 1. The van der Waals surface area contributed by atoms with E-state index in [1.165, 1.54) is 6.07 Å². The lowest BCUT2D eigenvalue weighted by molar-refractivity contribution is 0.0950. The Morgan fingerprint density at radius 1 is 0.923 bits per heavy atom. The van der Waals surface area contributed by atoms with Crippen LogP contribution < -0.4 is 10.6 Å². The van der Waals surface area contributed by atoms with Gasteiger partial charge in [0.2, 0.25) is 0 Å². The van der Waals surface area contributed by atoms with E-state index < -0.39 is 0 Å². The minimum Gasteiger partial charge on any atom is -0.348 e. The number of benzene rings is 2. The highest BCUT2D eigenvalue weighted by Gasteiger charge is 2.10. The normalized spacial score (nSPS) is 9.96. The fraction of sp³-hybridized carbons (Fsp3) is 0.0500. The number of amides is 2. The summed E-state index contributed by atoms with van der Waals surface area (Å²) in [5.74, 6) is -0.539. The van der Waals surface area contributed by atoms with Crippen molar-refractivity contribution in [2.45, 2.75) is 6.54 Å². The molecule has 0 saturated carbocycles. The molecule has 1 heterocycles. The smallest absolute Gasteiger partial charge is 0.272 e. The summed E-state index contributed by atoms with van der Waals surface area (Å²) < 4.78 is 0. The standard InChI is InChI=1S/C20H16N4O2/c21-12-17-10-11-18(23-17)20(26)24-16-8-6-15(7-9-16)19(25)22-13-14-4-2-1-3-5-14/h1-11,23H,13H2,(H,22,25)(H,24,26). The maximum Gasteiger partial charge on any atom is 0.272 e. The van der Waals surface area contributed by atoms with Gasteiger partial charge in [0, 0.05) is 17.8 Å². The molecule has 3 rings (SSSR count). The highest BCUT2D eigenvalue weighted by Crippen LogP contribution is 2.12. The number of carbonyl (C=O) groups is 2. The molecular formula is C20H16N4O2. The van der Waals surface area contributed by atoms with Crippen LogP contribution in [0.3, 0.4) is 0 Å². The number of hydrogen-bond acceptors (Lipinski definition) is 3. The Labute approximate surface area is 150 Å². The Bertz CT molecular complexity index is 953. The molecule has 128 valence electrons. The third-order valence-corrected chi connectivity index (χ3v) is 3.75. The van der Waals surface area contributed by atoms with Crippen LogP contribution in [-0.4, -0.2) is 16.8 Å². The summed E-state index contributed by atoms with van der Waals surface area (Å²) in [4.78, 5) is 27.0. The summed E-state index contributed by atoms with van der Waals surface area (Å²) in [5, 5.41) is 14.3. The van der Waals surface area contributed by atoms with Crippen LogP contribution in [0, 0.1) is 11.3 Å². The Balaban J connectivity index is 1.58. The zero-order valence-corrected chi connectivity index (χ0v) is 13.8. The average molecular weight is 344 g/mol. The molecule has 0 spiro atoms. The minimum absolute atomic E-state index is 0.185. The van der Waals surface area contributed by atoms with Crippen molar-refractivity contribution in [2.24, 2.45) is 0 Å². The van der Waals surface area contributed by atoms with Crippen LogP contribution in [0.1, 0.15) is 32.1 Å². The second-order valence-corrected chi connectivity index (χ2v) is 5.60. The molecule has 3 N–H and O–H groups in total. The highest BCUT2D eigenvalue weighted by molar-refractivity contribution is 6.03. The van der Waals surface area contributed by atoms with Gasteiger partial charge in [0.1, 0.15) is 17.5 Å². The first-order chi connectivity index (χ1) is 12.7.